The largest absolute Gasteiger partial charge is 0.497 e. The van der Waals surface area contributed by atoms with E-state index in [1.165, 1.54) is 12.8 Å². The fourth-order valence-corrected chi connectivity index (χ4v) is 3.00. The zero-order valence-electron chi connectivity index (χ0n) is 14.4. The standard InChI is InChI=1S/C20H23NO3.ClH/c1-23-18-11-9-17(10-12-18)20(22)24-19(15-21-13-5-6-14-21)16-7-3-2-4-8-16;/h2-4,7-12,19H,5-6,13-15H2,1H3;1H. The maximum absolute atomic E-state index is 12.5. The van der Waals surface area contributed by atoms with Crippen LogP contribution in [0.5, 0.6) is 5.75 Å². The number of likely N-dealkylation sites (tertiary alicyclic amines) is 1. The van der Waals surface area contributed by atoms with Crippen LogP contribution in [0.4, 0.5) is 0 Å². The van der Waals surface area contributed by atoms with Crippen LogP contribution in [0.15, 0.2) is 54.6 Å². The Bertz CT molecular complexity index is 654. The van der Waals surface area contributed by atoms with Crippen LogP contribution < -0.4 is 4.74 Å². The smallest absolute Gasteiger partial charge is 0.338 e. The highest BCUT2D eigenvalue weighted by atomic mass is 35.5. The number of halogens is 1. The van der Waals surface area contributed by atoms with E-state index in [0.29, 0.717) is 5.56 Å². The second-order valence-electron chi connectivity index (χ2n) is 6.04. The lowest BCUT2D eigenvalue weighted by molar-refractivity contribution is 0.0216. The van der Waals surface area contributed by atoms with Gasteiger partial charge >= 0.3 is 5.97 Å². The number of ether oxygens (including phenoxy) is 2. The summed E-state index contributed by atoms with van der Waals surface area (Å²) in [5.41, 5.74) is 1.57. The predicted octanol–water partition coefficient (Wildman–Crippen LogP) is 4.11. The van der Waals surface area contributed by atoms with E-state index in [9.17, 15) is 4.79 Å². The number of nitrogens with zero attached hydrogens (tertiary/aromatic N) is 1. The molecular formula is C20H24ClNO3. The first-order chi connectivity index (χ1) is 11.8. The van der Waals surface area contributed by atoms with Gasteiger partial charge in [-0.15, -0.1) is 12.4 Å². The normalized spacial score (nSPS) is 15.2. The van der Waals surface area contributed by atoms with Crippen molar-refractivity contribution in [3.63, 3.8) is 0 Å². The maximum atomic E-state index is 12.5. The van der Waals surface area contributed by atoms with E-state index in [4.69, 9.17) is 9.47 Å². The zero-order chi connectivity index (χ0) is 16.8. The van der Waals surface area contributed by atoms with Crippen LogP contribution in [0, 0.1) is 0 Å². The Morgan fingerprint density at radius 2 is 1.68 bits per heavy atom. The molecule has 1 heterocycles. The summed E-state index contributed by atoms with van der Waals surface area (Å²) in [5, 5.41) is 0. The molecule has 0 amide bonds. The van der Waals surface area contributed by atoms with E-state index in [0.717, 1.165) is 30.9 Å². The van der Waals surface area contributed by atoms with Crippen molar-refractivity contribution in [3.8, 4) is 5.75 Å². The van der Waals surface area contributed by atoms with Gasteiger partial charge in [0.2, 0.25) is 0 Å². The lowest BCUT2D eigenvalue weighted by Crippen LogP contribution is -2.28. The summed E-state index contributed by atoms with van der Waals surface area (Å²) in [7, 11) is 1.61. The van der Waals surface area contributed by atoms with Gasteiger partial charge in [-0.1, -0.05) is 30.3 Å². The van der Waals surface area contributed by atoms with Crippen molar-refractivity contribution < 1.29 is 14.3 Å². The molecule has 5 heteroatoms. The third kappa shape index (κ3) is 5.21. The van der Waals surface area contributed by atoms with Crippen molar-refractivity contribution >= 4 is 18.4 Å². The van der Waals surface area contributed by atoms with Crippen LogP contribution >= 0.6 is 12.4 Å². The third-order valence-corrected chi connectivity index (χ3v) is 4.37. The third-order valence-electron chi connectivity index (χ3n) is 4.37. The van der Waals surface area contributed by atoms with Gasteiger partial charge in [-0.2, -0.15) is 0 Å². The minimum atomic E-state index is -0.300. The van der Waals surface area contributed by atoms with Crippen LogP contribution in [0.25, 0.3) is 0 Å². The number of carbonyl (C=O) groups is 1. The van der Waals surface area contributed by atoms with E-state index >= 15 is 0 Å². The molecule has 1 aliphatic rings. The SMILES string of the molecule is COc1ccc(C(=O)OC(CN2CCCC2)c2ccccc2)cc1.Cl. The second-order valence-corrected chi connectivity index (χ2v) is 6.04. The van der Waals surface area contributed by atoms with Crippen molar-refractivity contribution in [2.45, 2.75) is 18.9 Å². The molecule has 1 atom stereocenters. The van der Waals surface area contributed by atoms with Crippen LogP contribution in [-0.2, 0) is 4.74 Å². The van der Waals surface area contributed by atoms with Crippen molar-refractivity contribution in [3.05, 3.63) is 65.7 Å². The fraction of sp³-hybridized carbons (Fsp3) is 0.350. The predicted molar refractivity (Wildman–Crippen MR) is 101 cm³/mol. The van der Waals surface area contributed by atoms with E-state index in [1.807, 2.05) is 30.3 Å². The number of benzene rings is 2. The zero-order valence-corrected chi connectivity index (χ0v) is 15.2. The van der Waals surface area contributed by atoms with Gasteiger partial charge in [-0.25, -0.2) is 4.79 Å². The first kappa shape index (κ1) is 19.3. The average molecular weight is 362 g/mol. The van der Waals surface area contributed by atoms with Crippen molar-refractivity contribution in [2.75, 3.05) is 26.7 Å². The highest BCUT2D eigenvalue weighted by Gasteiger charge is 2.23. The van der Waals surface area contributed by atoms with Crippen molar-refractivity contribution in [2.24, 2.45) is 0 Å². The van der Waals surface area contributed by atoms with E-state index < -0.39 is 0 Å². The highest BCUT2D eigenvalue weighted by Crippen LogP contribution is 2.23. The molecule has 134 valence electrons. The Morgan fingerprint density at radius 3 is 2.28 bits per heavy atom. The first-order valence-electron chi connectivity index (χ1n) is 8.38. The molecule has 3 rings (SSSR count). The summed E-state index contributed by atoms with van der Waals surface area (Å²) in [5.74, 6) is 0.425. The van der Waals surface area contributed by atoms with Crippen LogP contribution in [0.3, 0.4) is 0 Å². The summed E-state index contributed by atoms with van der Waals surface area (Å²) in [6, 6.07) is 17.0. The lowest BCUT2D eigenvalue weighted by Gasteiger charge is -2.24. The average Bonchev–Trinajstić information content (AvgIpc) is 3.15. The Morgan fingerprint density at radius 1 is 1.04 bits per heavy atom. The molecule has 1 aliphatic heterocycles. The molecule has 0 aromatic heterocycles. The molecule has 0 bridgehead atoms. The molecular weight excluding hydrogens is 338 g/mol. The van der Waals surface area contributed by atoms with Crippen LogP contribution in [0.1, 0.15) is 34.9 Å². The lowest BCUT2D eigenvalue weighted by atomic mass is 10.1. The minimum Gasteiger partial charge on any atom is -0.497 e. The van der Waals surface area contributed by atoms with Gasteiger partial charge in [-0.3, -0.25) is 4.90 Å². The van der Waals surface area contributed by atoms with Gasteiger partial charge in [0.25, 0.3) is 0 Å². The highest BCUT2D eigenvalue weighted by molar-refractivity contribution is 5.89. The Hall–Kier alpha value is -2.04. The van der Waals surface area contributed by atoms with Gasteiger partial charge in [0.05, 0.1) is 12.7 Å². The molecule has 0 saturated carbocycles. The van der Waals surface area contributed by atoms with Crippen LogP contribution in [-0.4, -0.2) is 37.6 Å². The number of carbonyl (C=O) groups excluding carboxylic acids is 1. The van der Waals surface area contributed by atoms with Gasteiger partial charge in [-0.05, 0) is 55.8 Å². The molecule has 25 heavy (non-hydrogen) atoms. The quantitative estimate of drug-likeness (QED) is 0.726. The molecule has 1 unspecified atom stereocenters. The van der Waals surface area contributed by atoms with Crippen LogP contribution in [0.2, 0.25) is 0 Å². The molecule has 0 radical (unpaired) electrons. The topological polar surface area (TPSA) is 38.8 Å². The van der Waals surface area contributed by atoms with Gasteiger partial charge < -0.3 is 9.47 Å². The summed E-state index contributed by atoms with van der Waals surface area (Å²) < 4.78 is 11.0. The Balaban J connectivity index is 0.00000225. The summed E-state index contributed by atoms with van der Waals surface area (Å²) in [6.45, 7) is 2.89. The van der Waals surface area contributed by atoms with Gasteiger partial charge in [0.15, 0.2) is 0 Å². The molecule has 4 nitrogen and oxygen atoms in total. The summed E-state index contributed by atoms with van der Waals surface area (Å²) in [6.07, 6.45) is 2.18. The Labute approximate surface area is 155 Å². The molecule has 0 spiro atoms. The molecule has 2 aromatic rings. The number of methoxy groups -OCH3 is 1. The van der Waals surface area contributed by atoms with Crippen molar-refractivity contribution in [1.82, 2.24) is 4.90 Å². The summed E-state index contributed by atoms with van der Waals surface area (Å²) in [4.78, 5) is 14.9. The molecule has 2 aromatic carbocycles. The number of hydrogen-bond acceptors (Lipinski definition) is 4. The summed E-state index contributed by atoms with van der Waals surface area (Å²) >= 11 is 0. The van der Waals surface area contributed by atoms with E-state index in [-0.39, 0.29) is 24.5 Å². The van der Waals surface area contributed by atoms with Gasteiger partial charge in [0.1, 0.15) is 11.9 Å². The van der Waals surface area contributed by atoms with Crippen molar-refractivity contribution in [1.29, 1.82) is 0 Å². The van der Waals surface area contributed by atoms with E-state index in [2.05, 4.69) is 4.90 Å². The first-order valence-corrected chi connectivity index (χ1v) is 8.38. The number of hydrogen-bond donors (Lipinski definition) is 0. The monoisotopic (exact) mass is 361 g/mol. The maximum Gasteiger partial charge on any atom is 0.338 e. The number of rotatable bonds is 6. The number of esters is 1. The van der Waals surface area contributed by atoms with Gasteiger partial charge in [0, 0.05) is 6.54 Å². The minimum absolute atomic E-state index is 0. The fourth-order valence-electron chi connectivity index (χ4n) is 3.00. The molecule has 0 aliphatic carbocycles. The molecule has 1 fully saturated rings. The Kier molecular flexibility index (Phi) is 7.29. The van der Waals surface area contributed by atoms with E-state index in [1.54, 1.807) is 31.4 Å². The molecule has 1 saturated heterocycles. The second kappa shape index (κ2) is 9.44. The molecule has 0 N–H and O–H groups in total.